The van der Waals surface area contributed by atoms with Gasteiger partial charge in [0.1, 0.15) is 6.07 Å². The number of piperidine rings is 1. The number of hydrogen-bond acceptors (Lipinski definition) is 4. The summed E-state index contributed by atoms with van der Waals surface area (Å²) in [6.07, 6.45) is 1.96. The molecule has 4 nitrogen and oxygen atoms in total. The lowest BCUT2D eigenvalue weighted by atomic mass is 9.90. The smallest absolute Gasteiger partial charge is 0.225 e. The van der Waals surface area contributed by atoms with Gasteiger partial charge in [-0.2, -0.15) is 5.26 Å². The van der Waals surface area contributed by atoms with E-state index in [0.717, 1.165) is 41.3 Å². The fourth-order valence-electron chi connectivity index (χ4n) is 3.40. The predicted octanol–water partition coefficient (Wildman–Crippen LogP) is 2.39. The Labute approximate surface area is 129 Å². The Morgan fingerprint density at radius 2 is 2.38 bits per heavy atom. The number of fused-ring (bicyclic) bond motifs is 1. The highest BCUT2D eigenvalue weighted by Crippen LogP contribution is 2.36. The van der Waals surface area contributed by atoms with E-state index in [0.29, 0.717) is 6.54 Å². The van der Waals surface area contributed by atoms with Crippen LogP contribution in [0.15, 0.2) is 23.1 Å². The normalized spacial score (nSPS) is 24.4. The Hall–Kier alpha value is -1.67. The zero-order valence-electron chi connectivity index (χ0n) is 12.1. The van der Waals surface area contributed by atoms with Gasteiger partial charge in [0.2, 0.25) is 5.91 Å². The summed E-state index contributed by atoms with van der Waals surface area (Å²) < 4.78 is 0. The number of nitriles is 1. The number of carbonyl (C=O) groups excluding carboxylic acids is 1. The van der Waals surface area contributed by atoms with Crippen LogP contribution >= 0.6 is 11.8 Å². The van der Waals surface area contributed by atoms with Gasteiger partial charge in [0, 0.05) is 18.0 Å². The van der Waals surface area contributed by atoms with Crippen LogP contribution in [0.1, 0.15) is 25.3 Å². The summed E-state index contributed by atoms with van der Waals surface area (Å²) in [7, 11) is 0. The lowest BCUT2D eigenvalue weighted by Crippen LogP contribution is -2.46. The molecule has 3 rings (SSSR count). The van der Waals surface area contributed by atoms with Gasteiger partial charge in [-0.25, -0.2) is 0 Å². The average molecular weight is 301 g/mol. The topological polar surface area (TPSA) is 56.1 Å². The molecule has 2 unspecified atom stereocenters. The Kier molecular flexibility index (Phi) is 4.07. The van der Waals surface area contributed by atoms with Crippen molar-refractivity contribution in [2.24, 2.45) is 5.92 Å². The molecule has 0 saturated carbocycles. The van der Waals surface area contributed by atoms with Gasteiger partial charge in [-0.1, -0.05) is 13.0 Å². The van der Waals surface area contributed by atoms with Crippen molar-refractivity contribution in [1.82, 2.24) is 5.32 Å². The second-order valence-electron chi connectivity index (χ2n) is 5.45. The van der Waals surface area contributed by atoms with Gasteiger partial charge >= 0.3 is 0 Å². The van der Waals surface area contributed by atoms with Crippen molar-refractivity contribution in [2.45, 2.75) is 30.7 Å². The van der Waals surface area contributed by atoms with Crippen LogP contribution in [-0.2, 0) is 4.79 Å². The molecule has 0 aromatic heterocycles. The molecule has 0 spiro atoms. The second kappa shape index (κ2) is 5.98. The summed E-state index contributed by atoms with van der Waals surface area (Å²) in [5, 5.41) is 12.5. The third-order valence-corrected chi connectivity index (χ3v) is 5.27. The Bertz CT molecular complexity index is 596. The molecule has 1 N–H and O–H groups in total. The van der Waals surface area contributed by atoms with Crippen LogP contribution in [0.5, 0.6) is 0 Å². The van der Waals surface area contributed by atoms with Crippen molar-refractivity contribution >= 4 is 23.4 Å². The van der Waals surface area contributed by atoms with Crippen LogP contribution < -0.4 is 10.2 Å². The number of nitrogens with zero attached hydrogens (tertiary/aromatic N) is 2. The maximum atomic E-state index is 11.9. The fourth-order valence-corrected chi connectivity index (χ4v) is 4.18. The van der Waals surface area contributed by atoms with Gasteiger partial charge in [0.05, 0.1) is 23.2 Å². The van der Waals surface area contributed by atoms with Crippen molar-refractivity contribution in [1.29, 1.82) is 5.26 Å². The number of amides is 1. The molecule has 2 fully saturated rings. The van der Waals surface area contributed by atoms with Gasteiger partial charge in [-0.15, -0.1) is 11.8 Å². The molecule has 5 heteroatoms. The molecular weight excluding hydrogens is 282 g/mol. The predicted molar refractivity (Wildman–Crippen MR) is 84.4 cm³/mol. The molecule has 0 radical (unpaired) electrons. The minimum Gasteiger partial charge on any atom is -0.365 e. The number of nitrogens with one attached hydrogen (secondary N) is 1. The second-order valence-corrected chi connectivity index (χ2v) is 6.76. The van der Waals surface area contributed by atoms with Crippen LogP contribution in [0.25, 0.3) is 0 Å². The standard InChI is InChI=1S/C16H19N3OS/c1-2-21-15-7-3-6-13(12(15)9-17)19-8-4-5-11-14(19)10-18-16(11)20/h3,6-7,11,14H,2,4-5,8,10H2,1H3,(H,18,20). The van der Waals surface area contributed by atoms with Crippen LogP contribution in [0.4, 0.5) is 5.69 Å². The molecule has 110 valence electrons. The van der Waals surface area contributed by atoms with Gasteiger partial charge in [0.25, 0.3) is 0 Å². The van der Waals surface area contributed by atoms with Crippen molar-refractivity contribution in [2.75, 3.05) is 23.7 Å². The highest BCUT2D eigenvalue weighted by molar-refractivity contribution is 7.99. The fraction of sp³-hybridized carbons (Fsp3) is 0.500. The van der Waals surface area contributed by atoms with Crippen molar-refractivity contribution < 1.29 is 4.79 Å². The van der Waals surface area contributed by atoms with Gasteiger partial charge in [-0.3, -0.25) is 4.79 Å². The average Bonchev–Trinajstić information content (AvgIpc) is 2.89. The molecule has 2 atom stereocenters. The Balaban J connectivity index is 1.98. The van der Waals surface area contributed by atoms with E-state index < -0.39 is 0 Å². The number of thioether (sulfide) groups is 1. The number of anilines is 1. The molecule has 1 aromatic carbocycles. The molecule has 2 saturated heterocycles. The minimum atomic E-state index is 0.0766. The van der Waals surface area contributed by atoms with Crippen LogP contribution in [-0.4, -0.2) is 30.8 Å². The van der Waals surface area contributed by atoms with E-state index >= 15 is 0 Å². The molecule has 2 heterocycles. The number of hydrogen-bond donors (Lipinski definition) is 1. The quantitative estimate of drug-likeness (QED) is 0.871. The monoisotopic (exact) mass is 301 g/mol. The number of rotatable bonds is 3. The molecular formula is C16H19N3OS. The SMILES string of the molecule is CCSc1cccc(N2CCCC3C(=O)NCC32)c1C#N. The largest absolute Gasteiger partial charge is 0.365 e. The Morgan fingerprint density at radius 1 is 1.52 bits per heavy atom. The van der Waals surface area contributed by atoms with Crippen molar-refractivity contribution in [3.05, 3.63) is 23.8 Å². The first-order valence-electron chi connectivity index (χ1n) is 7.46. The highest BCUT2D eigenvalue weighted by Gasteiger charge is 2.41. The van der Waals surface area contributed by atoms with Gasteiger partial charge < -0.3 is 10.2 Å². The van der Waals surface area contributed by atoms with Crippen LogP contribution in [0, 0.1) is 17.2 Å². The summed E-state index contributed by atoms with van der Waals surface area (Å²) in [6.45, 7) is 3.71. The number of benzene rings is 1. The summed E-state index contributed by atoms with van der Waals surface area (Å²) in [5.74, 6) is 1.19. The summed E-state index contributed by atoms with van der Waals surface area (Å²) in [5.41, 5.74) is 1.74. The van der Waals surface area contributed by atoms with Crippen LogP contribution in [0.2, 0.25) is 0 Å². The third-order valence-electron chi connectivity index (χ3n) is 4.33. The molecule has 0 bridgehead atoms. The molecule has 1 aromatic rings. The van der Waals surface area contributed by atoms with Gasteiger partial charge in [-0.05, 0) is 30.7 Å². The number of carbonyl (C=O) groups is 1. The third kappa shape index (κ3) is 2.49. The minimum absolute atomic E-state index is 0.0766. The van der Waals surface area contributed by atoms with E-state index in [-0.39, 0.29) is 17.9 Å². The lowest BCUT2D eigenvalue weighted by Gasteiger charge is -2.38. The molecule has 0 aliphatic carbocycles. The molecule has 21 heavy (non-hydrogen) atoms. The summed E-state index contributed by atoms with van der Waals surface area (Å²) >= 11 is 1.70. The zero-order valence-corrected chi connectivity index (χ0v) is 12.9. The van der Waals surface area contributed by atoms with E-state index in [1.165, 1.54) is 0 Å². The molecule has 1 amide bonds. The van der Waals surface area contributed by atoms with E-state index in [2.05, 4.69) is 23.2 Å². The van der Waals surface area contributed by atoms with E-state index in [4.69, 9.17) is 0 Å². The first-order chi connectivity index (χ1) is 10.3. The Morgan fingerprint density at radius 3 is 3.14 bits per heavy atom. The van der Waals surface area contributed by atoms with Crippen LogP contribution in [0.3, 0.4) is 0 Å². The maximum Gasteiger partial charge on any atom is 0.225 e. The molecule has 2 aliphatic heterocycles. The maximum absolute atomic E-state index is 11.9. The van der Waals surface area contributed by atoms with E-state index in [1.54, 1.807) is 11.8 Å². The van der Waals surface area contributed by atoms with Crippen molar-refractivity contribution in [3.8, 4) is 6.07 Å². The first-order valence-corrected chi connectivity index (χ1v) is 8.45. The zero-order chi connectivity index (χ0) is 14.8. The summed E-state index contributed by atoms with van der Waals surface area (Å²) in [4.78, 5) is 15.2. The lowest BCUT2D eigenvalue weighted by molar-refractivity contribution is -0.122. The van der Waals surface area contributed by atoms with E-state index in [9.17, 15) is 10.1 Å². The summed E-state index contributed by atoms with van der Waals surface area (Å²) in [6, 6.07) is 8.61. The van der Waals surface area contributed by atoms with Crippen molar-refractivity contribution in [3.63, 3.8) is 0 Å². The molecule has 2 aliphatic rings. The van der Waals surface area contributed by atoms with Gasteiger partial charge in [0.15, 0.2) is 0 Å². The van der Waals surface area contributed by atoms with E-state index in [1.807, 2.05) is 18.2 Å². The first kappa shape index (κ1) is 14.3. The highest BCUT2D eigenvalue weighted by atomic mass is 32.2.